The number of methoxy groups -OCH3 is 2. The third-order valence-electron chi connectivity index (χ3n) is 15.0. The number of hydrogen-bond acceptors (Lipinski definition) is 17. The standard InChI is InChI=1S/C56H77N3O15/c1-15-42-54(8,74-53(64)59-27-26-57-32-59)29-33(2)44(60)34(3)30-55(9,65-13)47(73-52-46(41(58(11)12)28-35(4)67-52)71-50(62)39-22-18-16-19-23-39)36(5)45(37(6)49(61)69-42)70-43-31-56(10,66-14)48(38(7)68-43)72-51(63)40-24-20-17-21-25-40/h16-27,29,32,34-38,41-43,45-48,52H,15,28,30-31H2,1-14H3/t34-,35-,36+,37-,38+,41+,42-,43+,45+,46-,47-,48+,52+,54+,55-,56-/m1/s1. The van der Waals surface area contributed by atoms with Crippen molar-refractivity contribution in [3.63, 3.8) is 0 Å². The van der Waals surface area contributed by atoms with Gasteiger partial charge in [-0.2, -0.15) is 0 Å². The van der Waals surface area contributed by atoms with Crippen molar-refractivity contribution in [1.29, 1.82) is 0 Å². The highest BCUT2D eigenvalue weighted by Gasteiger charge is 2.54. The molecule has 0 bridgehead atoms. The highest BCUT2D eigenvalue weighted by Crippen LogP contribution is 2.42. The van der Waals surface area contributed by atoms with Gasteiger partial charge in [-0.05, 0) is 118 Å². The molecule has 18 heteroatoms. The molecule has 1 aromatic heterocycles. The second-order valence-electron chi connectivity index (χ2n) is 21.0. The molecule has 0 saturated carbocycles. The predicted octanol–water partition coefficient (Wildman–Crippen LogP) is 8.01. The lowest BCUT2D eigenvalue weighted by Crippen LogP contribution is -2.61. The first-order chi connectivity index (χ1) is 35.0. The molecule has 0 unspecified atom stereocenters. The van der Waals surface area contributed by atoms with Gasteiger partial charge in [0.1, 0.15) is 18.0 Å². The van der Waals surface area contributed by atoms with E-state index in [1.54, 1.807) is 103 Å². The van der Waals surface area contributed by atoms with Gasteiger partial charge < -0.3 is 52.3 Å². The van der Waals surface area contributed by atoms with Crippen molar-refractivity contribution in [2.75, 3.05) is 28.3 Å². The Balaban J connectivity index is 1.47. The van der Waals surface area contributed by atoms with E-state index in [9.17, 15) is 19.2 Å². The molecule has 3 aliphatic rings. The number of ketones is 1. The van der Waals surface area contributed by atoms with Crippen molar-refractivity contribution in [2.24, 2.45) is 17.8 Å². The lowest BCUT2D eigenvalue weighted by atomic mass is 9.76. The number of esters is 3. The molecule has 74 heavy (non-hydrogen) atoms. The number of ether oxygens (including phenoxy) is 10. The summed E-state index contributed by atoms with van der Waals surface area (Å²) in [5, 5.41) is 0. The Morgan fingerprint density at radius 1 is 0.797 bits per heavy atom. The fraction of sp³-hybridized carbons (Fsp3) is 0.607. The zero-order valence-electron chi connectivity index (χ0n) is 45.4. The van der Waals surface area contributed by atoms with Crippen LogP contribution in [0.3, 0.4) is 0 Å². The molecule has 2 fully saturated rings. The number of carbonyl (C=O) groups is 5. The monoisotopic (exact) mass is 1030 g/mol. The number of hydrogen-bond donors (Lipinski definition) is 0. The molecular formula is C56H77N3O15. The van der Waals surface area contributed by atoms with Crippen molar-refractivity contribution >= 4 is 29.8 Å². The van der Waals surface area contributed by atoms with Gasteiger partial charge in [0.05, 0.1) is 53.1 Å². The minimum absolute atomic E-state index is 0.0410. The summed E-state index contributed by atoms with van der Waals surface area (Å²) >= 11 is 0. The van der Waals surface area contributed by atoms with Gasteiger partial charge in [-0.15, -0.1) is 0 Å². The number of cyclic esters (lactones) is 1. The van der Waals surface area contributed by atoms with Crippen LogP contribution in [0.4, 0.5) is 4.79 Å². The van der Waals surface area contributed by atoms with Crippen molar-refractivity contribution in [1.82, 2.24) is 14.5 Å². The Labute approximate surface area is 435 Å². The van der Waals surface area contributed by atoms with E-state index in [1.165, 1.54) is 39.0 Å². The number of likely N-dealkylation sites (N-methyl/N-ethyl adjacent to an activating group) is 1. The maximum Gasteiger partial charge on any atom is 0.420 e. The molecule has 0 radical (unpaired) electrons. The van der Waals surface area contributed by atoms with Crippen molar-refractivity contribution in [3.8, 4) is 0 Å². The lowest BCUT2D eigenvalue weighted by molar-refractivity contribution is -0.318. The molecule has 0 amide bonds. The zero-order valence-corrected chi connectivity index (χ0v) is 45.4. The second kappa shape index (κ2) is 24.6. The molecule has 2 aromatic carbocycles. The Bertz CT molecular complexity index is 2400. The first-order valence-corrected chi connectivity index (χ1v) is 25.5. The molecule has 3 aliphatic heterocycles. The van der Waals surface area contributed by atoms with Crippen LogP contribution in [0.15, 0.2) is 91.0 Å². The van der Waals surface area contributed by atoms with E-state index in [-0.39, 0.29) is 42.8 Å². The highest BCUT2D eigenvalue weighted by molar-refractivity contribution is 5.96. The van der Waals surface area contributed by atoms with Gasteiger partial charge >= 0.3 is 24.0 Å². The molecule has 4 heterocycles. The summed E-state index contributed by atoms with van der Waals surface area (Å²) < 4.78 is 66.4. The van der Waals surface area contributed by atoms with Crippen LogP contribution >= 0.6 is 0 Å². The third-order valence-corrected chi connectivity index (χ3v) is 15.0. The van der Waals surface area contributed by atoms with E-state index < -0.39 is 108 Å². The number of nitrogens with zero attached hydrogens (tertiary/aromatic N) is 3. The lowest BCUT2D eigenvalue weighted by Gasteiger charge is -2.50. The minimum Gasteiger partial charge on any atom is -0.457 e. The van der Waals surface area contributed by atoms with Crippen molar-refractivity contribution in [3.05, 3.63) is 102 Å². The topological polar surface area (TPSA) is 199 Å². The van der Waals surface area contributed by atoms with Gasteiger partial charge in [-0.25, -0.2) is 23.9 Å². The average Bonchev–Trinajstić information content (AvgIpc) is 3.93. The molecule has 6 rings (SSSR count). The van der Waals surface area contributed by atoms with Crippen LogP contribution < -0.4 is 0 Å². The number of carbonyl (C=O) groups excluding carboxylic acids is 5. The molecule has 0 aliphatic carbocycles. The van der Waals surface area contributed by atoms with Crippen LogP contribution in [-0.4, -0.2) is 151 Å². The number of rotatable bonds is 13. The largest absolute Gasteiger partial charge is 0.457 e. The number of benzene rings is 2. The summed E-state index contributed by atoms with van der Waals surface area (Å²) in [5.74, 6) is -4.85. The van der Waals surface area contributed by atoms with Crippen LogP contribution in [-0.2, 0) is 57.0 Å². The molecule has 2 saturated heterocycles. The fourth-order valence-electron chi connectivity index (χ4n) is 10.8. The van der Waals surface area contributed by atoms with E-state index in [0.29, 0.717) is 17.5 Å². The van der Waals surface area contributed by atoms with Crippen LogP contribution in [0.25, 0.3) is 0 Å². The average molecular weight is 1030 g/mol. The van der Waals surface area contributed by atoms with Crippen LogP contribution in [0, 0.1) is 17.8 Å². The first kappa shape index (κ1) is 57.9. The van der Waals surface area contributed by atoms with Gasteiger partial charge in [-0.1, -0.05) is 57.2 Å². The normalized spacial score (nSPS) is 35.4. The molecule has 0 spiro atoms. The van der Waals surface area contributed by atoms with E-state index in [0.717, 1.165) is 4.57 Å². The van der Waals surface area contributed by atoms with E-state index in [4.69, 9.17) is 47.4 Å². The Morgan fingerprint density at radius 3 is 1.95 bits per heavy atom. The summed E-state index contributed by atoms with van der Waals surface area (Å²) in [6.45, 7) is 17.6. The second-order valence-corrected chi connectivity index (χ2v) is 21.0. The minimum atomic E-state index is -1.66. The Hall–Kier alpha value is -5.34. The summed E-state index contributed by atoms with van der Waals surface area (Å²) in [7, 11) is 6.83. The van der Waals surface area contributed by atoms with Crippen molar-refractivity contribution < 1.29 is 71.3 Å². The molecule has 18 nitrogen and oxygen atoms in total. The predicted molar refractivity (Wildman–Crippen MR) is 271 cm³/mol. The number of Topliss-reactive ketones (excluding diaryl/α,β-unsaturated/α-hetero) is 1. The first-order valence-electron chi connectivity index (χ1n) is 25.5. The third kappa shape index (κ3) is 13.2. The number of imidazole rings is 1. The number of allylic oxidation sites excluding steroid dienone is 1. The quantitative estimate of drug-likeness (QED) is 0.118. The highest BCUT2D eigenvalue weighted by atomic mass is 16.7. The van der Waals surface area contributed by atoms with Gasteiger partial charge in [0, 0.05) is 44.9 Å². The summed E-state index contributed by atoms with van der Waals surface area (Å²) in [5.41, 5.74) is -3.23. The number of aromatic nitrogens is 2. The summed E-state index contributed by atoms with van der Waals surface area (Å²) in [6, 6.07) is 16.9. The van der Waals surface area contributed by atoms with Crippen LogP contribution in [0.1, 0.15) is 116 Å². The summed E-state index contributed by atoms with van der Waals surface area (Å²) in [4.78, 5) is 76.8. The van der Waals surface area contributed by atoms with Gasteiger partial charge in [0.25, 0.3) is 0 Å². The molecule has 16 atom stereocenters. The van der Waals surface area contributed by atoms with Crippen LogP contribution in [0.5, 0.6) is 0 Å². The SMILES string of the molecule is CC[C@H]1OC(=O)[C@H](C)[C@@H](O[C@H]2C[C@@](C)(OC)[C@@H](OC(=O)c3ccccc3)[C@H](C)O2)[C@H](C)[C@@H](O[C@@H]2O[C@H](C)C[C@H](N(C)C)[C@H]2OC(=O)c2ccccc2)[C@](C)(OC)C[C@@H](C)C(=O)C(C)=C[C@]1(C)OC(=O)n1ccnc1. The van der Waals surface area contributed by atoms with Crippen molar-refractivity contribution in [2.45, 2.75) is 173 Å². The van der Waals surface area contributed by atoms with Gasteiger partial charge in [-0.3, -0.25) is 9.59 Å². The van der Waals surface area contributed by atoms with Crippen LogP contribution in [0.2, 0.25) is 0 Å². The van der Waals surface area contributed by atoms with E-state index in [2.05, 4.69) is 4.98 Å². The maximum absolute atomic E-state index is 15.1. The maximum atomic E-state index is 15.1. The van der Waals surface area contributed by atoms with E-state index >= 15 is 4.79 Å². The summed E-state index contributed by atoms with van der Waals surface area (Å²) in [6.07, 6.45) is -2.97. The molecule has 406 valence electrons. The Morgan fingerprint density at radius 2 is 1.39 bits per heavy atom. The smallest absolute Gasteiger partial charge is 0.420 e. The Kier molecular flexibility index (Phi) is 19.2. The molecule has 0 N–H and O–H groups in total. The van der Waals surface area contributed by atoms with Gasteiger partial charge in [0.15, 0.2) is 36.2 Å². The molecular weight excluding hydrogens is 955 g/mol. The molecule has 3 aromatic rings. The van der Waals surface area contributed by atoms with E-state index in [1.807, 2.05) is 45.8 Å². The fourth-order valence-corrected chi connectivity index (χ4v) is 10.8. The zero-order chi connectivity index (χ0) is 54.3. The van der Waals surface area contributed by atoms with Gasteiger partial charge in [0.2, 0.25) is 0 Å².